The Labute approximate surface area is 131 Å². The molecule has 0 fully saturated rings. The normalized spacial score (nSPS) is 10.6. The van der Waals surface area contributed by atoms with E-state index < -0.39 is 5.97 Å². The standard InChI is InChI=1S/C14H10Cl2N2O3/c1-20-13-11(16)5-4-10(15)12(13)14(19)21-18-8-9-3-2-6-17-7-9/h2-8H,1H3. The second kappa shape index (κ2) is 7.06. The van der Waals surface area contributed by atoms with Crippen molar-refractivity contribution in [2.45, 2.75) is 0 Å². The predicted molar refractivity (Wildman–Crippen MR) is 80.3 cm³/mol. The summed E-state index contributed by atoms with van der Waals surface area (Å²) in [5.41, 5.74) is 0.712. The Morgan fingerprint density at radius 3 is 2.71 bits per heavy atom. The van der Waals surface area contributed by atoms with Crippen LogP contribution in [0.2, 0.25) is 10.0 Å². The van der Waals surface area contributed by atoms with Crippen molar-refractivity contribution in [2.75, 3.05) is 7.11 Å². The van der Waals surface area contributed by atoms with Crippen molar-refractivity contribution in [1.82, 2.24) is 4.98 Å². The molecule has 0 aliphatic heterocycles. The van der Waals surface area contributed by atoms with Crippen LogP contribution in [-0.2, 0) is 4.84 Å². The predicted octanol–water partition coefficient (Wildman–Crippen LogP) is 3.59. The molecule has 21 heavy (non-hydrogen) atoms. The van der Waals surface area contributed by atoms with Crippen molar-refractivity contribution >= 4 is 35.4 Å². The SMILES string of the molecule is COc1c(Cl)ccc(Cl)c1C(=O)ON=Cc1cccnc1. The molecule has 0 saturated heterocycles. The molecule has 1 heterocycles. The van der Waals surface area contributed by atoms with Gasteiger partial charge in [-0.25, -0.2) is 4.79 Å². The van der Waals surface area contributed by atoms with E-state index in [1.807, 2.05) is 0 Å². The zero-order valence-corrected chi connectivity index (χ0v) is 12.4. The van der Waals surface area contributed by atoms with Crippen LogP contribution in [0.5, 0.6) is 5.75 Å². The molecule has 2 rings (SSSR count). The monoisotopic (exact) mass is 324 g/mol. The number of ether oxygens (including phenoxy) is 1. The summed E-state index contributed by atoms with van der Waals surface area (Å²) >= 11 is 11.9. The zero-order valence-electron chi connectivity index (χ0n) is 10.9. The molecule has 0 bridgehead atoms. The average Bonchev–Trinajstić information content (AvgIpc) is 2.50. The van der Waals surface area contributed by atoms with Crippen LogP contribution in [0.3, 0.4) is 0 Å². The number of halogens is 2. The first-order chi connectivity index (χ1) is 10.1. The van der Waals surface area contributed by atoms with Crippen molar-refractivity contribution in [3.05, 3.63) is 57.8 Å². The lowest BCUT2D eigenvalue weighted by Gasteiger charge is -2.09. The Morgan fingerprint density at radius 2 is 2.05 bits per heavy atom. The number of hydrogen-bond donors (Lipinski definition) is 0. The van der Waals surface area contributed by atoms with Crippen LogP contribution in [0.15, 0.2) is 41.8 Å². The van der Waals surface area contributed by atoms with Gasteiger partial charge in [-0.3, -0.25) is 4.98 Å². The third-order valence-corrected chi connectivity index (χ3v) is 3.10. The molecule has 0 N–H and O–H groups in total. The Balaban J connectivity index is 2.18. The topological polar surface area (TPSA) is 60.8 Å². The molecule has 0 saturated carbocycles. The average molecular weight is 325 g/mol. The van der Waals surface area contributed by atoms with Gasteiger partial charge in [-0.2, -0.15) is 0 Å². The van der Waals surface area contributed by atoms with Gasteiger partial charge >= 0.3 is 5.97 Å². The Hall–Kier alpha value is -2.11. The summed E-state index contributed by atoms with van der Waals surface area (Å²) in [5, 5.41) is 4.01. The summed E-state index contributed by atoms with van der Waals surface area (Å²) in [6.45, 7) is 0. The van der Waals surface area contributed by atoms with Crippen LogP contribution in [-0.4, -0.2) is 24.3 Å². The number of benzene rings is 1. The van der Waals surface area contributed by atoms with Gasteiger partial charge < -0.3 is 9.57 Å². The van der Waals surface area contributed by atoms with Crippen molar-refractivity contribution in [2.24, 2.45) is 5.16 Å². The van der Waals surface area contributed by atoms with Crippen molar-refractivity contribution in [3.8, 4) is 5.75 Å². The van der Waals surface area contributed by atoms with E-state index in [4.69, 9.17) is 32.8 Å². The fourth-order valence-corrected chi connectivity index (χ4v) is 2.02. The van der Waals surface area contributed by atoms with Gasteiger partial charge in [-0.1, -0.05) is 34.4 Å². The van der Waals surface area contributed by atoms with Crippen LogP contribution in [0.25, 0.3) is 0 Å². The van der Waals surface area contributed by atoms with Gasteiger partial charge in [0.1, 0.15) is 5.56 Å². The molecule has 0 unspecified atom stereocenters. The van der Waals surface area contributed by atoms with Crippen molar-refractivity contribution in [1.29, 1.82) is 0 Å². The van der Waals surface area contributed by atoms with E-state index >= 15 is 0 Å². The van der Waals surface area contributed by atoms with Gasteiger partial charge in [0.05, 0.1) is 23.4 Å². The highest BCUT2D eigenvalue weighted by Crippen LogP contribution is 2.34. The highest BCUT2D eigenvalue weighted by atomic mass is 35.5. The van der Waals surface area contributed by atoms with Gasteiger partial charge in [0.15, 0.2) is 5.75 Å². The molecule has 1 aromatic heterocycles. The molecule has 0 amide bonds. The van der Waals surface area contributed by atoms with E-state index in [2.05, 4.69) is 10.1 Å². The fraction of sp³-hybridized carbons (Fsp3) is 0.0714. The number of rotatable bonds is 4. The first kappa shape index (κ1) is 15.3. The van der Waals surface area contributed by atoms with Crippen LogP contribution in [0.1, 0.15) is 15.9 Å². The Morgan fingerprint density at radius 1 is 1.29 bits per heavy atom. The molecule has 7 heteroatoms. The number of aromatic nitrogens is 1. The second-order valence-electron chi connectivity index (χ2n) is 3.84. The van der Waals surface area contributed by atoms with Crippen LogP contribution in [0.4, 0.5) is 0 Å². The van der Waals surface area contributed by atoms with E-state index in [1.165, 1.54) is 25.5 Å². The second-order valence-corrected chi connectivity index (χ2v) is 4.65. The number of hydrogen-bond acceptors (Lipinski definition) is 5. The maximum atomic E-state index is 12.0. The van der Waals surface area contributed by atoms with E-state index in [0.29, 0.717) is 5.56 Å². The lowest BCUT2D eigenvalue weighted by atomic mass is 10.2. The molecule has 1 aromatic carbocycles. The number of methoxy groups -OCH3 is 1. The molecule has 0 atom stereocenters. The highest BCUT2D eigenvalue weighted by molar-refractivity contribution is 6.37. The number of pyridine rings is 1. The zero-order chi connectivity index (χ0) is 15.2. The lowest BCUT2D eigenvalue weighted by Crippen LogP contribution is -2.05. The molecular weight excluding hydrogens is 315 g/mol. The third-order valence-electron chi connectivity index (χ3n) is 2.49. The van der Waals surface area contributed by atoms with E-state index in [-0.39, 0.29) is 21.4 Å². The molecule has 5 nitrogen and oxygen atoms in total. The first-order valence-electron chi connectivity index (χ1n) is 5.80. The first-order valence-corrected chi connectivity index (χ1v) is 6.56. The van der Waals surface area contributed by atoms with Gasteiger partial charge in [0.2, 0.25) is 0 Å². The summed E-state index contributed by atoms with van der Waals surface area (Å²) in [5.74, 6) is -0.620. The fourth-order valence-electron chi connectivity index (χ4n) is 1.56. The minimum atomic E-state index is -0.764. The smallest absolute Gasteiger partial charge is 0.371 e. The lowest BCUT2D eigenvalue weighted by molar-refractivity contribution is 0.0516. The molecule has 0 spiro atoms. The van der Waals surface area contributed by atoms with Gasteiger partial charge in [0, 0.05) is 18.0 Å². The summed E-state index contributed by atoms with van der Waals surface area (Å²) in [4.78, 5) is 20.7. The highest BCUT2D eigenvalue weighted by Gasteiger charge is 2.21. The summed E-state index contributed by atoms with van der Waals surface area (Å²) in [6, 6.07) is 6.50. The van der Waals surface area contributed by atoms with Crippen molar-refractivity contribution < 1.29 is 14.4 Å². The van der Waals surface area contributed by atoms with Crippen LogP contribution >= 0.6 is 23.2 Å². The number of oxime groups is 1. The number of nitrogens with zero attached hydrogens (tertiary/aromatic N) is 2. The van der Waals surface area contributed by atoms with Gasteiger partial charge in [-0.15, -0.1) is 0 Å². The minimum absolute atomic E-state index is 0.0232. The molecule has 0 aliphatic carbocycles. The molecule has 108 valence electrons. The van der Waals surface area contributed by atoms with Gasteiger partial charge in [0.25, 0.3) is 0 Å². The molecule has 0 radical (unpaired) electrons. The summed E-state index contributed by atoms with van der Waals surface area (Å²) in [7, 11) is 1.38. The summed E-state index contributed by atoms with van der Waals surface area (Å²) < 4.78 is 5.06. The maximum absolute atomic E-state index is 12.0. The Bertz CT molecular complexity index is 675. The minimum Gasteiger partial charge on any atom is -0.494 e. The molecule has 2 aromatic rings. The van der Waals surface area contributed by atoms with E-state index in [9.17, 15) is 4.79 Å². The van der Waals surface area contributed by atoms with E-state index in [0.717, 1.165) is 0 Å². The van der Waals surface area contributed by atoms with Gasteiger partial charge in [-0.05, 0) is 18.2 Å². The quantitative estimate of drug-likeness (QED) is 0.490. The number of carbonyl (C=O) groups is 1. The number of carbonyl (C=O) groups excluding carboxylic acids is 1. The molecular formula is C14H10Cl2N2O3. The van der Waals surface area contributed by atoms with Crippen molar-refractivity contribution in [3.63, 3.8) is 0 Å². The Kier molecular flexibility index (Phi) is 5.14. The van der Waals surface area contributed by atoms with E-state index in [1.54, 1.807) is 24.5 Å². The maximum Gasteiger partial charge on any atom is 0.371 e. The summed E-state index contributed by atoms with van der Waals surface area (Å²) in [6.07, 6.45) is 4.56. The molecule has 0 aliphatic rings. The van der Waals surface area contributed by atoms with Crippen LogP contribution in [0, 0.1) is 0 Å². The van der Waals surface area contributed by atoms with Crippen LogP contribution < -0.4 is 4.74 Å². The third kappa shape index (κ3) is 3.71. The largest absolute Gasteiger partial charge is 0.494 e.